The molecule has 160 valence electrons. The van der Waals surface area contributed by atoms with Gasteiger partial charge in [0.15, 0.2) is 0 Å². The van der Waals surface area contributed by atoms with E-state index in [4.69, 9.17) is 0 Å². The third-order valence-corrected chi connectivity index (χ3v) is 4.41. The zero-order chi connectivity index (χ0) is 21.8. The highest BCUT2D eigenvalue weighted by atomic mass is 15.3. The lowest BCUT2D eigenvalue weighted by molar-refractivity contribution is 0.400. The van der Waals surface area contributed by atoms with Crippen LogP contribution < -0.4 is 10.7 Å². The van der Waals surface area contributed by atoms with Crippen molar-refractivity contribution in [2.24, 2.45) is 10.1 Å². The number of H-pyrrole nitrogens is 1. The third-order valence-electron chi connectivity index (χ3n) is 4.41. The summed E-state index contributed by atoms with van der Waals surface area (Å²) in [6.07, 6.45) is 1.54. The Morgan fingerprint density at radius 1 is 1.13 bits per heavy atom. The lowest BCUT2D eigenvalue weighted by Crippen LogP contribution is -2.26. The molecular weight excluding hydrogens is 374 g/mol. The SMILES string of the molecule is C=NNC=NCc1ccc2[nH]nc(-c3cccc(CNCCN(C)C)c3)c2c1.CC. The summed E-state index contributed by atoms with van der Waals surface area (Å²) < 4.78 is 0. The average Bonchev–Trinajstić information content (AvgIpc) is 3.19. The minimum Gasteiger partial charge on any atom is -0.311 e. The number of rotatable bonds is 10. The Balaban J connectivity index is 0.00000155. The van der Waals surface area contributed by atoms with Gasteiger partial charge in [0.25, 0.3) is 0 Å². The number of aliphatic imine (C=N–C) groups is 1. The van der Waals surface area contributed by atoms with E-state index in [1.54, 1.807) is 6.34 Å². The molecule has 1 heterocycles. The molecule has 1 aromatic heterocycles. The van der Waals surface area contributed by atoms with Gasteiger partial charge in [-0.15, -0.1) is 0 Å². The Kier molecular flexibility index (Phi) is 9.70. The summed E-state index contributed by atoms with van der Waals surface area (Å²) in [5.41, 5.74) is 8.06. The molecule has 0 radical (unpaired) electrons. The zero-order valence-electron chi connectivity index (χ0n) is 18.4. The smallest absolute Gasteiger partial charge is 0.103 e. The summed E-state index contributed by atoms with van der Waals surface area (Å²) in [7, 11) is 4.16. The van der Waals surface area contributed by atoms with Crippen LogP contribution in [0.4, 0.5) is 0 Å². The molecule has 7 nitrogen and oxygen atoms in total. The topological polar surface area (TPSA) is 80.7 Å². The van der Waals surface area contributed by atoms with E-state index in [9.17, 15) is 0 Å². The molecule has 0 atom stereocenters. The van der Waals surface area contributed by atoms with Crippen molar-refractivity contribution in [3.8, 4) is 11.3 Å². The minimum atomic E-state index is 0.568. The first-order valence-electron chi connectivity index (χ1n) is 10.3. The van der Waals surface area contributed by atoms with E-state index >= 15 is 0 Å². The molecule has 3 rings (SSSR count). The lowest BCUT2D eigenvalue weighted by Gasteiger charge is -2.10. The normalized spacial score (nSPS) is 11.0. The van der Waals surface area contributed by atoms with Crippen LogP contribution in [0, 0.1) is 0 Å². The molecule has 3 N–H and O–H groups in total. The van der Waals surface area contributed by atoms with Crippen molar-refractivity contribution >= 4 is 24.0 Å². The van der Waals surface area contributed by atoms with Crippen molar-refractivity contribution in [2.45, 2.75) is 26.9 Å². The highest BCUT2D eigenvalue weighted by Gasteiger charge is 2.09. The predicted molar refractivity (Wildman–Crippen MR) is 128 cm³/mol. The van der Waals surface area contributed by atoms with E-state index in [-0.39, 0.29) is 0 Å². The molecule has 2 aromatic carbocycles. The van der Waals surface area contributed by atoms with E-state index in [1.165, 1.54) is 5.56 Å². The number of aromatic amines is 1. The number of fused-ring (bicyclic) bond motifs is 1. The van der Waals surface area contributed by atoms with Crippen LogP contribution in [-0.2, 0) is 13.1 Å². The number of benzene rings is 2. The molecule has 0 aliphatic heterocycles. The van der Waals surface area contributed by atoms with Crippen LogP contribution in [0.15, 0.2) is 52.6 Å². The molecule has 0 aliphatic rings. The fourth-order valence-corrected chi connectivity index (χ4v) is 2.98. The van der Waals surface area contributed by atoms with Crippen LogP contribution >= 0.6 is 0 Å². The van der Waals surface area contributed by atoms with Gasteiger partial charge in [0.1, 0.15) is 6.34 Å². The van der Waals surface area contributed by atoms with Gasteiger partial charge in [0.05, 0.1) is 17.8 Å². The first kappa shape index (κ1) is 23.3. The summed E-state index contributed by atoms with van der Waals surface area (Å²) in [5.74, 6) is 0. The van der Waals surface area contributed by atoms with Crippen LogP contribution in [-0.4, -0.2) is 55.3 Å². The zero-order valence-corrected chi connectivity index (χ0v) is 18.4. The molecule has 30 heavy (non-hydrogen) atoms. The van der Waals surface area contributed by atoms with Crippen molar-refractivity contribution in [1.82, 2.24) is 25.8 Å². The Morgan fingerprint density at radius 2 is 1.97 bits per heavy atom. The number of hydrogen-bond acceptors (Lipinski definition) is 5. The largest absolute Gasteiger partial charge is 0.311 e. The van der Waals surface area contributed by atoms with Crippen LogP contribution in [0.25, 0.3) is 22.2 Å². The summed E-state index contributed by atoms with van der Waals surface area (Å²) in [6.45, 7) is 10.7. The molecule has 0 aliphatic carbocycles. The third kappa shape index (κ3) is 6.79. The second-order valence-electron chi connectivity index (χ2n) is 6.89. The standard InChI is InChI=1S/C21H27N7.C2H6/c1-22-25-15-24-14-17-7-8-20-19(12-17)21(27-26-20)18-6-4-5-16(11-18)13-23-9-10-28(2)3;1-2/h4-8,11-12,15,23H,1,9-10,13-14H2,2-3H3,(H,24,25)(H,26,27);1-2H3. The van der Waals surface area contributed by atoms with Gasteiger partial charge in [-0.25, -0.2) is 0 Å². The molecule has 0 saturated heterocycles. The van der Waals surface area contributed by atoms with Gasteiger partial charge in [0.2, 0.25) is 0 Å². The van der Waals surface area contributed by atoms with Gasteiger partial charge in [0, 0.05) is 37.3 Å². The van der Waals surface area contributed by atoms with Crippen molar-refractivity contribution in [3.63, 3.8) is 0 Å². The number of hydrazone groups is 1. The first-order valence-corrected chi connectivity index (χ1v) is 10.3. The first-order chi connectivity index (χ1) is 14.7. The maximum Gasteiger partial charge on any atom is 0.103 e. The van der Waals surface area contributed by atoms with Crippen LogP contribution in [0.1, 0.15) is 25.0 Å². The number of aromatic nitrogens is 2. The van der Waals surface area contributed by atoms with E-state index in [1.807, 2.05) is 26.0 Å². The van der Waals surface area contributed by atoms with Crippen molar-refractivity contribution < 1.29 is 0 Å². The second kappa shape index (κ2) is 12.5. The van der Waals surface area contributed by atoms with Crippen LogP contribution in [0.3, 0.4) is 0 Å². The lowest BCUT2D eigenvalue weighted by atomic mass is 10.0. The summed E-state index contributed by atoms with van der Waals surface area (Å²) >= 11 is 0. The molecule has 0 amide bonds. The van der Waals surface area contributed by atoms with E-state index in [0.717, 1.165) is 47.4 Å². The van der Waals surface area contributed by atoms with E-state index < -0.39 is 0 Å². The average molecular weight is 408 g/mol. The molecular formula is C23H33N7. The van der Waals surface area contributed by atoms with Gasteiger partial charge in [-0.1, -0.05) is 38.1 Å². The molecule has 0 fully saturated rings. The van der Waals surface area contributed by atoms with E-state index in [2.05, 4.69) is 87.1 Å². The maximum absolute atomic E-state index is 4.55. The monoisotopic (exact) mass is 407 g/mol. The predicted octanol–water partition coefficient (Wildman–Crippen LogP) is 3.64. The van der Waals surface area contributed by atoms with Gasteiger partial charge in [-0.2, -0.15) is 10.2 Å². The number of nitrogens with one attached hydrogen (secondary N) is 3. The summed E-state index contributed by atoms with van der Waals surface area (Å²) in [6, 6.07) is 14.8. The molecule has 0 unspecified atom stereocenters. The Bertz CT molecular complexity index is 944. The van der Waals surface area contributed by atoms with Crippen molar-refractivity contribution in [3.05, 3.63) is 53.6 Å². The second-order valence-corrected chi connectivity index (χ2v) is 6.89. The molecule has 0 bridgehead atoms. The fourth-order valence-electron chi connectivity index (χ4n) is 2.98. The highest BCUT2D eigenvalue weighted by Crippen LogP contribution is 2.28. The Hall–Kier alpha value is -3.03. The fraction of sp³-hybridized carbons (Fsp3) is 0.348. The molecule has 0 spiro atoms. The van der Waals surface area contributed by atoms with Crippen LogP contribution in [0.5, 0.6) is 0 Å². The Morgan fingerprint density at radius 3 is 2.73 bits per heavy atom. The highest BCUT2D eigenvalue weighted by molar-refractivity contribution is 5.93. The van der Waals surface area contributed by atoms with Gasteiger partial charge in [-0.3, -0.25) is 15.5 Å². The van der Waals surface area contributed by atoms with Crippen molar-refractivity contribution in [1.29, 1.82) is 0 Å². The molecule has 3 aromatic rings. The van der Waals surface area contributed by atoms with Gasteiger partial charge in [-0.05, 0) is 43.4 Å². The number of hydrogen-bond donors (Lipinski definition) is 3. The summed E-state index contributed by atoms with van der Waals surface area (Å²) in [4.78, 5) is 6.45. The number of nitrogens with zero attached hydrogens (tertiary/aromatic N) is 4. The summed E-state index contributed by atoms with van der Waals surface area (Å²) in [5, 5.41) is 15.8. The maximum atomic E-state index is 4.55. The van der Waals surface area contributed by atoms with Gasteiger partial charge >= 0.3 is 0 Å². The van der Waals surface area contributed by atoms with Crippen molar-refractivity contribution in [2.75, 3.05) is 27.2 Å². The molecule has 0 saturated carbocycles. The van der Waals surface area contributed by atoms with Gasteiger partial charge < -0.3 is 10.2 Å². The quantitative estimate of drug-likeness (QED) is 0.207. The number of likely N-dealkylation sites (N-methyl/N-ethyl adjacent to an activating group) is 1. The van der Waals surface area contributed by atoms with E-state index in [0.29, 0.717) is 6.54 Å². The molecule has 7 heteroatoms. The minimum absolute atomic E-state index is 0.568. The Labute approximate surface area is 179 Å². The van der Waals surface area contributed by atoms with Crippen LogP contribution in [0.2, 0.25) is 0 Å².